The minimum Gasteiger partial charge on any atom is -0.322 e. The molecule has 1 aliphatic carbocycles. The van der Waals surface area contributed by atoms with Gasteiger partial charge in [0.05, 0.1) is 5.41 Å². The number of aryl methyl sites for hydroxylation is 1. The quantitative estimate of drug-likeness (QED) is 0.387. The lowest BCUT2D eigenvalue weighted by Crippen LogP contribution is -2.43. The molecule has 3 aromatic rings. The average molecular weight is 549 g/mol. The van der Waals surface area contributed by atoms with Crippen molar-refractivity contribution in [2.75, 3.05) is 11.9 Å². The van der Waals surface area contributed by atoms with Crippen molar-refractivity contribution in [3.05, 3.63) is 75.5 Å². The molecule has 1 aromatic carbocycles. The molecule has 0 unspecified atom stereocenters. The Balaban J connectivity index is 1.67. The van der Waals surface area contributed by atoms with Gasteiger partial charge in [-0.15, -0.1) is 10.2 Å². The van der Waals surface area contributed by atoms with Gasteiger partial charge in [0.2, 0.25) is 0 Å². The molecule has 1 fully saturated rings. The normalized spacial score (nSPS) is 19.3. The molecule has 12 heteroatoms. The molecule has 0 spiro atoms. The number of nitrogens with one attached hydrogen (secondary N) is 2. The number of halogens is 4. The van der Waals surface area contributed by atoms with E-state index in [0.29, 0.717) is 52.7 Å². The summed E-state index contributed by atoms with van der Waals surface area (Å²) < 4.78 is 56.6. The molecule has 2 N–H and O–H groups in total. The van der Waals surface area contributed by atoms with Crippen LogP contribution >= 0.6 is 0 Å². The van der Waals surface area contributed by atoms with Crippen LogP contribution in [0.3, 0.4) is 0 Å². The van der Waals surface area contributed by atoms with Crippen molar-refractivity contribution in [2.45, 2.75) is 58.3 Å². The zero-order valence-electron chi connectivity index (χ0n) is 22.3. The van der Waals surface area contributed by atoms with Crippen LogP contribution in [0.4, 0.5) is 23.2 Å². The highest BCUT2D eigenvalue weighted by Gasteiger charge is 2.48. The highest BCUT2D eigenvalue weighted by molar-refractivity contribution is 6.04. The maximum absolute atomic E-state index is 14.8. The molecule has 1 saturated carbocycles. The minimum absolute atomic E-state index is 0.0844. The van der Waals surface area contributed by atoms with Gasteiger partial charge in [0.25, 0.3) is 11.5 Å². The van der Waals surface area contributed by atoms with E-state index in [-0.39, 0.29) is 12.2 Å². The standard InChI is InChI=1S/C27H32F4N6O2/c1-16(2)11-32-12-18-5-22(24(39)37(13-18)14-27(29,30)31)23(38)34-21-7-19(6-20(28)8-21)26(9-17(3)10-26)25-35-33-15-36(25)4/h5-8,13,15-17,32H,9-12,14H2,1-4H3,(H,34,38). The highest BCUT2D eigenvalue weighted by Crippen LogP contribution is 2.51. The number of hydrogen-bond donors (Lipinski definition) is 2. The summed E-state index contributed by atoms with van der Waals surface area (Å²) >= 11 is 0. The molecule has 2 aromatic heterocycles. The van der Waals surface area contributed by atoms with Crippen LogP contribution in [-0.2, 0) is 25.6 Å². The molecule has 0 bridgehead atoms. The zero-order valence-corrected chi connectivity index (χ0v) is 22.3. The Hall–Kier alpha value is -3.54. The Labute approximate surface area is 223 Å². The minimum atomic E-state index is -4.66. The molecule has 0 saturated heterocycles. The number of anilines is 1. The van der Waals surface area contributed by atoms with Gasteiger partial charge in [0.1, 0.15) is 30.1 Å². The van der Waals surface area contributed by atoms with Gasteiger partial charge < -0.3 is 19.8 Å². The second kappa shape index (κ2) is 10.9. The molecule has 1 amide bonds. The summed E-state index contributed by atoms with van der Waals surface area (Å²) in [6.45, 7) is 5.25. The van der Waals surface area contributed by atoms with Crippen LogP contribution in [0.15, 0.2) is 41.6 Å². The lowest BCUT2D eigenvalue weighted by Gasteiger charge is -2.46. The van der Waals surface area contributed by atoms with Crippen molar-refractivity contribution in [2.24, 2.45) is 18.9 Å². The van der Waals surface area contributed by atoms with Gasteiger partial charge in [-0.2, -0.15) is 13.2 Å². The third-order valence-corrected chi connectivity index (χ3v) is 6.86. The largest absolute Gasteiger partial charge is 0.406 e. The van der Waals surface area contributed by atoms with E-state index in [2.05, 4.69) is 27.8 Å². The lowest BCUT2D eigenvalue weighted by atomic mass is 9.58. The fourth-order valence-corrected chi connectivity index (χ4v) is 5.30. The summed E-state index contributed by atoms with van der Waals surface area (Å²) in [5, 5.41) is 13.8. The van der Waals surface area contributed by atoms with Crippen molar-refractivity contribution in [3.63, 3.8) is 0 Å². The van der Waals surface area contributed by atoms with Crippen molar-refractivity contribution in [1.29, 1.82) is 0 Å². The Morgan fingerprint density at radius 3 is 2.51 bits per heavy atom. The van der Waals surface area contributed by atoms with Crippen molar-refractivity contribution in [1.82, 2.24) is 24.6 Å². The summed E-state index contributed by atoms with van der Waals surface area (Å²) in [6, 6.07) is 5.38. The first-order valence-electron chi connectivity index (χ1n) is 12.7. The molecule has 4 rings (SSSR count). The third kappa shape index (κ3) is 6.38. The van der Waals surface area contributed by atoms with Gasteiger partial charge in [-0.1, -0.05) is 20.8 Å². The molecule has 8 nitrogen and oxygen atoms in total. The smallest absolute Gasteiger partial charge is 0.322 e. The summed E-state index contributed by atoms with van der Waals surface area (Å²) in [5.41, 5.74) is -1.14. The second-order valence-electron chi connectivity index (χ2n) is 10.9. The Morgan fingerprint density at radius 1 is 1.21 bits per heavy atom. The Bertz CT molecular complexity index is 1410. The summed E-state index contributed by atoms with van der Waals surface area (Å²) in [7, 11) is 1.80. The number of alkyl halides is 3. The number of nitrogens with zero attached hydrogens (tertiary/aromatic N) is 4. The van der Waals surface area contributed by atoms with Crippen LogP contribution in [0, 0.1) is 17.7 Å². The van der Waals surface area contributed by atoms with Gasteiger partial charge in [0.15, 0.2) is 0 Å². The van der Waals surface area contributed by atoms with E-state index in [1.165, 1.54) is 12.1 Å². The van der Waals surface area contributed by atoms with E-state index in [1.807, 2.05) is 13.8 Å². The van der Waals surface area contributed by atoms with E-state index in [1.54, 1.807) is 24.0 Å². The lowest BCUT2D eigenvalue weighted by molar-refractivity contribution is -0.141. The van der Waals surface area contributed by atoms with Gasteiger partial charge in [0, 0.05) is 25.5 Å². The van der Waals surface area contributed by atoms with E-state index >= 15 is 0 Å². The molecular weight excluding hydrogens is 516 g/mol. The van der Waals surface area contributed by atoms with Crippen molar-refractivity contribution >= 4 is 11.6 Å². The molecule has 0 aliphatic heterocycles. The highest BCUT2D eigenvalue weighted by atomic mass is 19.4. The van der Waals surface area contributed by atoms with Gasteiger partial charge in [-0.05, 0) is 66.6 Å². The van der Waals surface area contributed by atoms with Gasteiger partial charge in [-0.25, -0.2) is 4.39 Å². The topological polar surface area (TPSA) is 93.8 Å². The second-order valence-corrected chi connectivity index (χ2v) is 10.9. The number of rotatable bonds is 9. The first-order valence-corrected chi connectivity index (χ1v) is 12.7. The molecule has 210 valence electrons. The van der Waals surface area contributed by atoms with E-state index in [9.17, 15) is 27.2 Å². The number of carbonyl (C=O) groups is 1. The number of pyridine rings is 1. The molecule has 0 radical (unpaired) electrons. The fourth-order valence-electron chi connectivity index (χ4n) is 5.30. The van der Waals surface area contributed by atoms with E-state index < -0.39 is 41.0 Å². The predicted molar refractivity (Wildman–Crippen MR) is 138 cm³/mol. The molecule has 0 atom stereocenters. The predicted octanol–water partition coefficient (Wildman–Crippen LogP) is 4.39. The van der Waals surface area contributed by atoms with Crippen LogP contribution in [0.25, 0.3) is 0 Å². The van der Waals surface area contributed by atoms with Gasteiger partial charge >= 0.3 is 6.18 Å². The maximum atomic E-state index is 14.8. The van der Waals surface area contributed by atoms with Crippen LogP contribution in [0.1, 0.15) is 60.9 Å². The zero-order chi connectivity index (χ0) is 28.5. The number of carbonyl (C=O) groups excluding carboxylic acids is 1. The summed E-state index contributed by atoms with van der Waals surface area (Å²) in [4.78, 5) is 26.1. The number of amides is 1. The third-order valence-electron chi connectivity index (χ3n) is 6.86. The number of hydrogen-bond acceptors (Lipinski definition) is 5. The Morgan fingerprint density at radius 2 is 1.92 bits per heavy atom. The number of aromatic nitrogens is 4. The van der Waals surface area contributed by atoms with Crippen LogP contribution in [0.2, 0.25) is 0 Å². The number of benzene rings is 1. The summed E-state index contributed by atoms with van der Waals surface area (Å²) in [6.07, 6.45) is -0.597. The molecular formula is C27H32F4N6O2. The molecule has 2 heterocycles. The fraction of sp³-hybridized carbons (Fsp3) is 0.481. The SMILES string of the molecule is CC(C)CNCc1cc(C(=O)Nc2cc(F)cc(C3(c4nncn4C)CC(C)C3)c2)c(=O)n(CC(F)(F)F)c1. The first-order chi connectivity index (χ1) is 18.3. The van der Waals surface area contributed by atoms with Gasteiger partial charge in [-0.3, -0.25) is 9.59 Å². The maximum Gasteiger partial charge on any atom is 0.406 e. The van der Waals surface area contributed by atoms with Crippen LogP contribution in [-0.4, -0.2) is 38.0 Å². The molecule has 39 heavy (non-hydrogen) atoms. The summed E-state index contributed by atoms with van der Waals surface area (Å²) in [5.74, 6) is -0.209. The Kier molecular flexibility index (Phi) is 7.97. The average Bonchev–Trinajstić information content (AvgIpc) is 3.23. The van der Waals surface area contributed by atoms with Crippen LogP contribution in [0.5, 0.6) is 0 Å². The van der Waals surface area contributed by atoms with Crippen LogP contribution < -0.4 is 16.2 Å². The van der Waals surface area contributed by atoms with Crippen molar-refractivity contribution in [3.8, 4) is 0 Å². The van der Waals surface area contributed by atoms with E-state index in [4.69, 9.17) is 0 Å². The monoisotopic (exact) mass is 548 g/mol. The van der Waals surface area contributed by atoms with Crippen molar-refractivity contribution < 1.29 is 22.4 Å². The first kappa shape index (κ1) is 28.5. The molecule has 1 aliphatic rings. The van der Waals surface area contributed by atoms with E-state index in [0.717, 1.165) is 12.3 Å².